The third-order valence-corrected chi connectivity index (χ3v) is 5.29. The zero-order valence-corrected chi connectivity index (χ0v) is 15.8. The van der Waals surface area contributed by atoms with E-state index < -0.39 is 17.4 Å². The molecule has 2 saturated carbocycles. The van der Waals surface area contributed by atoms with Crippen molar-refractivity contribution in [1.29, 1.82) is 0 Å². The van der Waals surface area contributed by atoms with Gasteiger partial charge in [0, 0.05) is 6.42 Å². The van der Waals surface area contributed by atoms with Gasteiger partial charge in [-0.1, -0.05) is 55.1 Å². The zero-order valence-electron chi connectivity index (χ0n) is 15.8. The number of hydrogen-bond donors (Lipinski definition) is 0. The van der Waals surface area contributed by atoms with Crippen LogP contribution in [0.5, 0.6) is 0 Å². The molecule has 2 fully saturated rings. The van der Waals surface area contributed by atoms with Crippen molar-refractivity contribution >= 4 is 17.5 Å². The van der Waals surface area contributed by atoms with E-state index in [4.69, 9.17) is 9.47 Å². The summed E-state index contributed by atoms with van der Waals surface area (Å²) in [6.45, 7) is 8.18. The minimum absolute atomic E-state index is 0.192. The van der Waals surface area contributed by atoms with E-state index in [-0.39, 0.29) is 12.8 Å². The maximum Gasteiger partial charge on any atom is 0.323 e. The molecule has 0 unspecified atom stereocenters. The molecule has 1 aromatic carbocycles. The molecule has 2 aliphatic carbocycles. The number of hydrogen-bond acceptors (Lipinski definition) is 4. The lowest BCUT2D eigenvalue weighted by atomic mass is 9.84. The molecule has 0 spiro atoms. The summed E-state index contributed by atoms with van der Waals surface area (Å²) in [6, 6.07) is 9.95. The molecular formula is C23H24O4. The van der Waals surface area contributed by atoms with Crippen molar-refractivity contribution in [3.05, 3.63) is 77.4 Å². The van der Waals surface area contributed by atoms with E-state index in [2.05, 4.69) is 13.2 Å². The van der Waals surface area contributed by atoms with Gasteiger partial charge < -0.3 is 9.47 Å². The predicted octanol–water partition coefficient (Wildman–Crippen LogP) is 4.40. The first kappa shape index (κ1) is 18.9. The minimum atomic E-state index is -1.38. The van der Waals surface area contributed by atoms with Crippen molar-refractivity contribution in [2.45, 2.75) is 25.7 Å². The molecule has 0 heterocycles. The monoisotopic (exact) mass is 364 g/mol. The normalized spacial score (nSPS) is 19.3. The van der Waals surface area contributed by atoms with Crippen LogP contribution in [0.15, 0.2) is 71.9 Å². The van der Waals surface area contributed by atoms with E-state index in [0.29, 0.717) is 0 Å². The summed E-state index contributed by atoms with van der Waals surface area (Å²) in [5.41, 5.74) is 4.69. The van der Waals surface area contributed by atoms with E-state index in [9.17, 15) is 9.59 Å². The van der Waals surface area contributed by atoms with Gasteiger partial charge in [-0.15, -0.1) is 0 Å². The second-order valence-electron chi connectivity index (χ2n) is 6.96. The number of benzene rings is 1. The van der Waals surface area contributed by atoms with Gasteiger partial charge >= 0.3 is 11.9 Å². The van der Waals surface area contributed by atoms with E-state index in [1.807, 2.05) is 36.4 Å². The third kappa shape index (κ3) is 3.27. The molecule has 0 atom stereocenters. The zero-order chi connectivity index (χ0) is 19.6. The highest BCUT2D eigenvalue weighted by Gasteiger charge is 2.54. The molecule has 0 N–H and O–H groups in total. The Balaban J connectivity index is 2.22. The number of carbonyl (C=O) groups is 2. The maximum absolute atomic E-state index is 12.6. The van der Waals surface area contributed by atoms with Gasteiger partial charge in [-0.05, 0) is 47.1 Å². The standard InChI is InChI=1S/C23H24O4/c1-5-18(16-11-12-16)20(17-9-7-6-8-10-17)19-14-23(13-15(19)2,21(24)26-3)22(25)27-4/h5-10H,1-2,11-14H2,3-4H3/b20-19-. The molecule has 3 rings (SSSR count). The van der Waals surface area contributed by atoms with E-state index >= 15 is 0 Å². The van der Waals surface area contributed by atoms with Crippen molar-refractivity contribution in [1.82, 2.24) is 0 Å². The predicted molar refractivity (Wildman–Crippen MR) is 105 cm³/mol. The van der Waals surface area contributed by atoms with Crippen LogP contribution in [0.1, 0.15) is 31.2 Å². The highest BCUT2D eigenvalue weighted by atomic mass is 16.5. The summed E-state index contributed by atoms with van der Waals surface area (Å²) in [7, 11) is 2.58. The summed E-state index contributed by atoms with van der Waals surface area (Å²) in [5.74, 6) is -1.17. The minimum Gasteiger partial charge on any atom is -0.468 e. The lowest BCUT2D eigenvalue weighted by molar-refractivity contribution is -0.168. The van der Waals surface area contributed by atoms with E-state index in [1.54, 1.807) is 0 Å². The number of carbonyl (C=O) groups excluding carboxylic acids is 2. The molecule has 0 aliphatic heterocycles. The van der Waals surface area contributed by atoms with Crippen LogP contribution in [0.3, 0.4) is 0 Å². The van der Waals surface area contributed by atoms with E-state index in [1.165, 1.54) is 19.8 Å². The molecule has 2 aliphatic rings. The molecule has 1 aromatic rings. The van der Waals surface area contributed by atoms with Gasteiger partial charge in [0.25, 0.3) is 0 Å². The number of esters is 2. The Hall–Kier alpha value is -2.88. The average molecular weight is 364 g/mol. The fourth-order valence-corrected chi connectivity index (χ4v) is 3.84. The van der Waals surface area contributed by atoms with Crippen molar-refractivity contribution in [3.63, 3.8) is 0 Å². The number of rotatable bonds is 5. The van der Waals surface area contributed by atoms with Crippen LogP contribution in [0, 0.1) is 5.41 Å². The number of allylic oxidation sites excluding steroid dienone is 6. The van der Waals surface area contributed by atoms with Gasteiger partial charge in [0.2, 0.25) is 0 Å². The van der Waals surface area contributed by atoms with Crippen molar-refractivity contribution in [2.75, 3.05) is 14.2 Å². The molecule has 140 valence electrons. The summed E-state index contributed by atoms with van der Waals surface area (Å²) < 4.78 is 9.91. The Labute approximate surface area is 159 Å². The van der Waals surface area contributed by atoms with Crippen molar-refractivity contribution < 1.29 is 19.1 Å². The van der Waals surface area contributed by atoms with Gasteiger partial charge in [-0.25, -0.2) is 0 Å². The quantitative estimate of drug-likeness (QED) is 0.574. The first-order valence-electron chi connectivity index (χ1n) is 8.97. The molecule has 4 nitrogen and oxygen atoms in total. The van der Waals surface area contributed by atoms with Crippen LogP contribution >= 0.6 is 0 Å². The third-order valence-electron chi connectivity index (χ3n) is 5.29. The second-order valence-corrected chi connectivity index (χ2v) is 6.96. The van der Waals surface area contributed by atoms with Gasteiger partial charge in [-0.2, -0.15) is 0 Å². The Morgan fingerprint density at radius 1 is 1.04 bits per heavy atom. The SMILES string of the molecule is C=CC(=C1CC1)/C(=C1/CC(C(=O)OC)(C(=O)OC)CC1=C)c1ccccc1. The molecule has 0 radical (unpaired) electrons. The molecule has 0 bridgehead atoms. The smallest absolute Gasteiger partial charge is 0.323 e. The van der Waals surface area contributed by atoms with Crippen molar-refractivity contribution in [2.24, 2.45) is 5.41 Å². The van der Waals surface area contributed by atoms with Crippen LogP contribution in [-0.4, -0.2) is 26.2 Å². The lowest BCUT2D eigenvalue weighted by Crippen LogP contribution is -2.38. The first-order chi connectivity index (χ1) is 13.0. The maximum atomic E-state index is 12.6. The van der Waals surface area contributed by atoms with Crippen LogP contribution in [0.2, 0.25) is 0 Å². The van der Waals surface area contributed by atoms with Gasteiger partial charge in [0.15, 0.2) is 5.41 Å². The van der Waals surface area contributed by atoms with Gasteiger partial charge in [0.05, 0.1) is 14.2 Å². The highest BCUT2D eigenvalue weighted by Crippen LogP contribution is 2.51. The van der Waals surface area contributed by atoms with Crippen LogP contribution in [0.4, 0.5) is 0 Å². The molecule has 0 aromatic heterocycles. The number of ether oxygens (including phenoxy) is 2. The Bertz CT molecular complexity index is 849. The van der Waals surface area contributed by atoms with Crippen molar-refractivity contribution in [3.8, 4) is 0 Å². The lowest BCUT2D eigenvalue weighted by Gasteiger charge is -2.22. The Morgan fingerprint density at radius 2 is 1.63 bits per heavy atom. The second kappa shape index (κ2) is 7.39. The molecule has 0 amide bonds. The molecule has 0 saturated heterocycles. The largest absolute Gasteiger partial charge is 0.468 e. The topological polar surface area (TPSA) is 52.6 Å². The molecular weight excluding hydrogens is 340 g/mol. The fraction of sp³-hybridized carbons (Fsp3) is 0.304. The van der Waals surface area contributed by atoms with Crippen LogP contribution in [-0.2, 0) is 19.1 Å². The van der Waals surface area contributed by atoms with Crippen LogP contribution < -0.4 is 0 Å². The summed E-state index contributed by atoms with van der Waals surface area (Å²) in [4.78, 5) is 25.1. The van der Waals surface area contributed by atoms with Crippen LogP contribution in [0.25, 0.3) is 5.57 Å². The summed E-state index contributed by atoms with van der Waals surface area (Å²) in [6.07, 6.45) is 4.34. The average Bonchev–Trinajstić information content (AvgIpc) is 3.48. The first-order valence-corrected chi connectivity index (χ1v) is 8.97. The Morgan fingerprint density at radius 3 is 2.11 bits per heavy atom. The fourth-order valence-electron chi connectivity index (χ4n) is 3.84. The Kier molecular flexibility index (Phi) is 5.17. The van der Waals surface area contributed by atoms with E-state index in [0.717, 1.165) is 40.7 Å². The summed E-state index contributed by atoms with van der Waals surface area (Å²) in [5, 5.41) is 0. The number of methoxy groups -OCH3 is 2. The highest BCUT2D eigenvalue weighted by molar-refractivity contribution is 6.03. The van der Waals surface area contributed by atoms with Gasteiger partial charge in [-0.3, -0.25) is 9.59 Å². The molecule has 27 heavy (non-hydrogen) atoms. The molecule has 4 heteroatoms. The van der Waals surface area contributed by atoms with Gasteiger partial charge in [0.1, 0.15) is 0 Å². The summed E-state index contributed by atoms with van der Waals surface area (Å²) >= 11 is 0.